The Balaban J connectivity index is 1.82. The zero-order valence-electron chi connectivity index (χ0n) is 14.8. The quantitative estimate of drug-likeness (QED) is 0.598. The normalized spacial score (nSPS) is 13.9. The molecule has 0 aromatic carbocycles. The fourth-order valence-corrected chi connectivity index (χ4v) is 3.48. The van der Waals surface area contributed by atoms with Crippen molar-refractivity contribution in [1.29, 1.82) is 0 Å². The second-order valence-electron chi connectivity index (χ2n) is 6.19. The third-order valence-corrected chi connectivity index (χ3v) is 5.21. The van der Waals surface area contributed by atoms with Gasteiger partial charge in [-0.1, -0.05) is 0 Å². The van der Waals surface area contributed by atoms with Crippen LogP contribution in [0.2, 0.25) is 0 Å². The molecule has 3 N–H and O–H groups in total. The highest BCUT2D eigenvalue weighted by Gasteiger charge is 2.58. The van der Waals surface area contributed by atoms with E-state index in [0.29, 0.717) is 28.3 Å². The zero-order valence-corrected chi connectivity index (χ0v) is 15.6. The van der Waals surface area contributed by atoms with Gasteiger partial charge in [0.05, 0.1) is 12.1 Å². The van der Waals surface area contributed by atoms with Gasteiger partial charge in [-0.25, -0.2) is 4.98 Å². The van der Waals surface area contributed by atoms with E-state index in [1.54, 1.807) is 31.5 Å². The van der Waals surface area contributed by atoms with Crippen LogP contribution in [0.5, 0.6) is 0 Å². The third kappa shape index (κ3) is 3.76. The van der Waals surface area contributed by atoms with Crippen molar-refractivity contribution in [1.82, 2.24) is 20.2 Å². The predicted octanol–water partition coefficient (Wildman–Crippen LogP) is 3.32. The summed E-state index contributed by atoms with van der Waals surface area (Å²) in [6.45, 7) is 3.17. The number of aromatic nitrogens is 4. The number of pyridine rings is 1. The molecule has 0 aliphatic rings. The SMILES string of the molecule is Cc1csc(C(O)(CC(=O)Nc2n[nH]c(-c3ccncc3)c2C)C(F)(F)F)n1. The van der Waals surface area contributed by atoms with E-state index in [0.717, 1.165) is 5.56 Å². The highest BCUT2D eigenvalue weighted by molar-refractivity contribution is 7.09. The molecule has 0 radical (unpaired) electrons. The second-order valence-corrected chi connectivity index (χ2v) is 7.04. The number of thiazole rings is 1. The monoisotopic (exact) mass is 411 g/mol. The lowest BCUT2D eigenvalue weighted by atomic mass is 9.99. The number of aliphatic hydroxyl groups is 1. The van der Waals surface area contributed by atoms with Crippen molar-refractivity contribution >= 4 is 23.1 Å². The van der Waals surface area contributed by atoms with E-state index in [1.165, 1.54) is 12.3 Å². The lowest BCUT2D eigenvalue weighted by molar-refractivity contribution is -0.266. The summed E-state index contributed by atoms with van der Waals surface area (Å²) in [5, 5.41) is 20.1. The van der Waals surface area contributed by atoms with E-state index in [2.05, 4.69) is 25.5 Å². The second kappa shape index (κ2) is 7.32. The number of amides is 1. The molecule has 28 heavy (non-hydrogen) atoms. The van der Waals surface area contributed by atoms with E-state index in [-0.39, 0.29) is 5.82 Å². The molecule has 1 atom stereocenters. The van der Waals surface area contributed by atoms with E-state index in [9.17, 15) is 23.1 Å². The number of alkyl halides is 3. The first-order valence-corrected chi connectivity index (χ1v) is 8.96. The minimum atomic E-state index is -5.07. The average molecular weight is 411 g/mol. The van der Waals surface area contributed by atoms with E-state index in [4.69, 9.17) is 0 Å². The lowest BCUT2D eigenvalue weighted by Gasteiger charge is -2.27. The number of aromatic amines is 1. The van der Waals surface area contributed by atoms with Gasteiger partial charge in [0.2, 0.25) is 11.5 Å². The zero-order chi connectivity index (χ0) is 20.5. The molecule has 3 heterocycles. The molecule has 148 valence electrons. The maximum Gasteiger partial charge on any atom is 0.424 e. The average Bonchev–Trinajstić information content (AvgIpc) is 3.21. The van der Waals surface area contributed by atoms with Crippen LogP contribution in [-0.2, 0) is 10.4 Å². The molecule has 7 nitrogen and oxygen atoms in total. The van der Waals surface area contributed by atoms with Crippen molar-refractivity contribution in [3.05, 3.63) is 46.2 Å². The van der Waals surface area contributed by atoms with Crippen molar-refractivity contribution in [2.75, 3.05) is 5.32 Å². The number of carbonyl (C=O) groups excluding carboxylic acids is 1. The van der Waals surface area contributed by atoms with Crippen LogP contribution in [0.25, 0.3) is 11.3 Å². The van der Waals surface area contributed by atoms with Crippen LogP contribution in [0.15, 0.2) is 29.9 Å². The minimum Gasteiger partial charge on any atom is -0.374 e. The Morgan fingerprint density at radius 1 is 1.29 bits per heavy atom. The number of nitrogens with one attached hydrogen (secondary N) is 2. The smallest absolute Gasteiger partial charge is 0.374 e. The summed E-state index contributed by atoms with van der Waals surface area (Å²) < 4.78 is 40.5. The number of halogens is 3. The van der Waals surface area contributed by atoms with Crippen molar-refractivity contribution < 1.29 is 23.1 Å². The number of hydrogen-bond donors (Lipinski definition) is 3. The molecule has 3 rings (SSSR count). The number of H-pyrrole nitrogens is 1. The van der Waals surface area contributed by atoms with Crippen LogP contribution < -0.4 is 5.32 Å². The maximum atomic E-state index is 13.5. The van der Waals surface area contributed by atoms with Gasteiger partial charge in [-0.2, -0.15) is 18.3 Å². The first-order valence-electron chi connectivity index (χ1n) is 8.09. The van der Waals surface area contributed by atoms with Crippen molar-refractivity contribution in [3.63, 3.8) is 0 Å². The third-order valence-electron chi connectivity index (χ3n) is 4.09. The Bertz CT molecular complexity index is 986. The summed E-state index contributed by atoms with van der Waals surface area (Å²) in [4.78, 5) is 19.9. The van der Waals surface area contributed by atoms with Crippen molar-refractivity contribution in [3.8, 4) is 11.3 Å². The maximum absolute atomic E-state index is 13.5. The standard InChI is InChI=1S/C17H16F3N5O2S/c1-9-8-28-15(22-9)16(27,17(18,19)20)7-12(26)23-14-10(2)13(24-25-14)11-3-5-21-6-4-11/h3-6,8,27H,7H2,1-2H3,(H2,23,24,25,26). The summed E-state index contributed by atoms with van der Waals surface area (Å²) in [6.07, 6.45) is -3.15. The molecular weight excluding hydrogens is 395 g/mol. The molecule has 0 aliphatic heterocycles. The number of anilines is 1. The van der Waals surface area contributed by atoms with Gasteiger partial charge in [0.15, 0.2) is 5.82 Å². The van der Waals surface area contributed by atoms with Crippen LogP contribution in [-0.4, -0.2) is 37.4 Å². The summed E-state index contributed by atoms with van der Waals surface area (Å²) in [5.74, 6) is -0.958. The molecule has 0 saturated carbocycles. The Morgan fingerprint density at radius 2 is 1.96 bits per heavy atom. The van der Waals surface area contributed by atoms with Crippen LogP contribution in [0.1, 0.15) is 22.7 Å². The number of rotatable bonds is 5. The Morgan fingerprint density at radius 3 is 2.54 bits per heavy atom. The molecule has 11 heteroatoms. The number of carbonyl (C=O) groups is 1. The van der Waals surface area contributed by atoms with Crippen LogP contribution in [0.4, 0.5) is 19.0 Å². The van der Waals surface area contributed by atoms with Gasteiger partial charge in [0.1, 0.15) is 5.01 Å². The minimum absolute atomic E-state index is 0.0802. The Kier molecular flexibility index (Phi) is 5.22. The number of aryl methyl sites for hydroxylation is 1. The first-order chi connectivity index (χ1) is 13.1. The highest BCUT2D eigenvalue weighted by atomic mass is 32.1. The van der Waals surface area contributed by atoms with Gasteiger partial charge in [-0.15, -0.1) is 11.3 Å². The van der Waals surface area contributed by atoms with E-state index >= 15 is 0 Å². The topological polar surface area (TPSA) is 104 Å². The molecule has 1 unspecified atom stereocenters. The summed E-state index contributed by atoms with van der Waals surface area (Å²) in [5.41, 5.74) is -1.16. The largest absolute Gasteiger partial charge is 0.424 e. The van der Waals surface area contributed by atoms with Gasteiger partial charge < -0.3 is 10.4 Å². The molecule has 0 spiro atoms. The molecule has 0 aliphatic carbocycles. The van der Waals surface area contributed by atoms with Crippen LogP contribution in [0, 0.1) is 13.8 Å². The molecule has 1 amide bonds. The molecule has 3 aromatic rings. The predicted molar refractivity (Wildman–Crippen MR) is 96.6 cm³/mol. The first kappa shape index (κ1) is 20.0. The van der Waals surface area contributed by atoms with Crippen molar-refractivity contribution in [2.45, 2.75) is 32.0 Å². The van der Waals surface area contributed by atoms with E-state index < -0.39 is 29.1 Å². The summed E-state index contributed by atoms with van der Waals surface area (Å²) in [6, 6.07) is 3.44. The molecule has 3 aromatic heterocycles. The van der Waals surface area contributed by atoms with Crippen molar-refractivity contribution in [2.24, 2.45) is 0 Å². The van der Waals surface area contributed by atoms with Crippen LogP contribution in [0.3, 0.4) is 0 Å². The number of nitrogens with zero attached hydrogens (tertiary/aromatic N) is 3. The highest BCUT2D eigenvalue weighted by Crippen LogP contribution is 2.43. The van der Waals surface area contributed by atoms with Gasteiger partial charge in [0.25, 0.3) is 0 Å². The number of hydrogen-bond acceptors (Lipinski definition) is 6. The lowest BCUT2D eigenvalue weighted by Crippen LogP contribution is -2.45. The summed E-state index contributed by atoms with van der Waals surface area (Å²) >= 11 is 0.647. The fourth-order valence-electron chi connectivity index (χ4n) is 2.57. The van der Waals surface area contributed by atoms with Gasteiger partial charge in [-0.05, 0) is 26.0 Å². The van der Waals surface area contributed by atoms with Crippen LogP contribution >= 0.6 is 11.3 Å². The molecule has 0 saturated heterocycles. The molecular formula is C17H16F3N5O2S. The molecule has 0 bridgehead atoms. The summed E-state index contributed by atoms with van der Waals surface area (Å²) in [7, 11) is 0. The fraction of sp³-hybridized carbons (Fsp3) is 0.294. The Hall–Kier alpha value is -2.79. The van der Waals surface area contributed by atoms with Gasteiger partial charge in [0, 0.05) is 34.6 Å². The van der Waals surface area contributed by atoms with Gasteiger partial charge in [-0.3, -0.25) is 14.9 Å². The van der Waals surface area contributed by atoms with E-state index in [1.807, 2.05) is 0 Å². The molecule has 0 fully saturated rings. The Labute approximate surface area is 161 Å². The van der Waals surface area contributed by atoms with Gasteiger partial charge >= 0.3 is 6.18 Å².